The molecule has 0 aliphatic rings. The van der Waals surface area contributed by atoms with Crippen LogP contribution in [-0.4, -0.2) is 18.2 Å². The molecule has 0 bridgehead atoms. The number of halogens is 7. The first-order chi connectivity index (χ1) is 5.56. The molecule has 0 aromatic carbocycles. The molecule has 1 nitrogen and oxygen atoms in total. The molecule has 0 heterocycles. The number of hydrogen-bond donors (Lipinski definition) is 0. The zero-order valence-corrected chi connectivity index (χ0v) is 5.84. The summed E-state index contributed by atoms with van der Waals surface area (Å²) in [5, 5.41) is 0. The molecule has 0 aliphatic carbocycles. The van der Waals surface area contributed by atoms with Gasteiger partial charge in [0.2, 0.25) is 0 Å². The van der Waals surface area contributed by atoms with Gasteiger partial charge in [-0.15, -0.1) is 0 Å². The third-order valence-corrected chi connectivity index (χ3v) is 0.953. The van der Waals surface area contributed by atoms with Gasteiger partial charge in [-0.05, 0) is 0 Å². The van der Waals surface area contributed by atoms with Gasteiger partial charge in [0.05, 0.1) is 6.26 Å². The lowest BCUT2D eigenvalue weighted by Gasteiger charge is -2.26. The summed E-state index contributed by atoms with van der Waals surface area (Å²) in [5.41, 5.74) is 0. The molecule has 0 aliphatic heterocycles. The van der Waals surface area contributed by atoms with E-state index in [2.05, 4.69) is 11.3 Å². The van der Waals surface area contributed by atoms with Gasteiger partial charge < -0.3 is 4.74 Å². The van der Waals surface area contributed by atoms with Crippen molar-refractivity contribution in [3.8, 4) is 0 Å². The molecular formula is C5H3F7O. The zero-order valence-electron chi connectivity index (χ0n) is 5.84. The second kappa shape index (κ2) is 3.08. The first-order valence-electron chi connectivity index (χ1n) is 2.67. The fourth-order valence-electron chi connectivity index (χ4n) is 0.344. The Labute approximate surface area is 67.8 Å². The van der Waals surface area contributed by atoms with E-state index in [1.165, 1.54) is 0 Å². The lowest BCUT2D eigenvalue weighted by atomic mass is 10.3. The van der Waals surface area contributed by atoms with Crippen molar-refractivity contribution < 1.29 is 35.5 Å². The average molecular weight is 212 g/mol. The highest BCUT2D eigenvalue weighted by Gasteiger charge is 2.75. The molecule has 0 rings (SSSR count). The Morgan fingerprint density at radius 1 is 0.923 bits per heavy atom. The van der Waals surface area contributed by atoms with Crippen molar-refractivity contribution >= 4 is 0 Å². The molecule has 0 radical (unpaired) electrons. The Bertz CT molecular complexity index is 194. The summed E-state index contributed by atoms with van der Waals surface area (Å²) < 4.78 is 84.3. The van der Waals surface area contributed by atoms with Crippen LogP contribution in [0.4, 0.5) is 30.7 Å². The van der Waals surface area contributed by atoms with Gasteiger partial charge in [0.25, 0.3) is 0 Å². The van der Waals surface area contributed by atoms with Crippen molar-refractivity contribution in [3.63, 3.8) is 0 Å². The largest absolute Gasteiger partial charge is 0.473 e. The van der Waals surface area contributed by atoms with Crippen LogP contribution in [0.25, 0.3) is 0 Å². The van der Waals surface area contributed by atoms with Crippen molar-refractivity contribution in [3.05, 3.63) is 12.8 Å². The van der Waals surface area contributed by atoms with Crippen molar-refractivity contribution in [1.29, 1.82) is 0 Å². The molecule has 0 unspecified atom stereocenters. The minimum atomic E-state index is -6.38. The summed E-state index contributed by atoms with van der Waals surface area (Å²) in [6.07, 6.45) is -12.2. The predicted octanol–water partition coefficient (Wildman–Crippen LogP) is 2.94. The highest BCUT2D eigenvalue weighted by atomic mass is 19.4. The summed E-state index contributed by atoms with van der Waals surface area (Å²) in [4.78, 5) is 0. The van der Waals surface area contributed by atoms with E-state index in [4.69, 9.17) is 0 Å². The Morgan fingerprint density at radius 2 is 1.31 bits per heavy atom. The van der Waals surface area contributed by atoms with Gasteiger partial charge in [-0.1, -0.05) is 6.58 Å². The molecule has 0 atom stereocenters. The maximum Gasteiger partial charge on any atom is 0.473 e. The second-order valence-electron chi connectivity index (χ2n) is 1.87. The highest BCUT2D eigenvalue weighted by Crippen LogP contribution is 2.46. The number of alkyl halides is 7. The van der Waals surface area contributed by atoms with Gasteiger partial charge >= 0.3 is 18.2 Å². The van der Waals surface area contributed by atoms with Crippen molar-refractivity contribution in [2.24, 2.45) is 0 Å². The van der Waals surface area contributed by atoms with E-state index in [0.29, 0.717) is 0 Å². The van der Waals surface area contributed by atoms with Gasteiger partial charge in [-0.3, -0.25) is 0 Å². The van der Waals surface area contributed by atoms with Gasteiger partial charge in [0, 0.05) is 0 Å². The molecule has 0 N–H and O–H groups in total. The van der Waals surface area contributed by atoms with E-state index in [1.807, 2.05) is 0 Å². The first-order valence-corrected chi connectivity index (χ1v) is 2.67. The van der Waals surface area contributed by atoms with E-state index < -0.39 is 18.2 Å². The van der Waals surface area contributed by atoms with Crippen LogP contribution in [-0.2, 0) is 4.74 Å². The van der Waals surface area contributed by atoms with Crippen LogP contribution < -0.4 is 0 Å². The molecule has 0 aromatic heterocycles. The topological polar surface area (TPSA) is 9.23 Å². The molecule has 8 heteroatoms. The van der Waals surface area contributed by atoms with Gasteiger partial charge in [-0.25, -0.2) is 0 Å². The summed E-state index contributed by atoms with van der Waals surface area (Å²) in [6.45, 7) is 2.44. The predicted molar refractivity (Wildman–Crippen MR) is 27.2 cm³/mol. The lowest BCUT2D eigenvalue weighted by molar-refractivity contribution is -0.412. The zero-order chi connectivity index (χ0) is 10.9. The minimum absolute atomic E-state index is 0.195. The molecule has 0 saturated heterocycles. The Hall–Kier alpha value is -0.950. The number of rotatable bonds is 3. The van der Waals surface area contributed by atoms with E-state index in [1.54, 1.807) is 0 Å². The fourth-order valence-corrected chi connectivity index (χ4v) is 0.344. The standard InChI is InChI=1S/C5H3F7O/c1-2-13-5(11,12)3(6,7)4(8,9)10/h2H,1H2. The Kier molecular flexibility index (Phi) is 2.85. The van der Waals surface area contributed by atoms with Gasteiger partial charge in [0.15, 0.2) is 0 Å². The van der Waals surface area contributed by atoms with Gasteiger partial charge in [0.1, 0.15) is 0 Å². The summed E-state index contributed by atoms with van der Waals surface area (Å²) in [6, 6.07) is 0. The monoisotopic (exact) mass is 212 g/mol. The summed E-state index contributed by atoms with van der Waals surface area (Å²) in [5.74, 6) is -6.24. The highest BCUT2D eigenvalue weighted by molar-refractivity contribution is 4.85. The number of ether oxygens (including phenoxy) is 1. The van der Waals surface area contributed by atoms with E-state index in [0.717, 1.165) is 0 Å². The third-order valence-electron chi connectivity index (χ3n) is 0.953. The van der Waals surface area contributed by atoms with Gasteiger partial charge in [-0.2, -0.15) is 30.7 Å². The lowest BCUT2D eigenvalue weighted by Crippen LogP contribution is -2.52. The molecule has 0 saturated carbocycles. The van der Waals surface area contributed by atoms with Crippen molar-refractivity contribution in [2.45, 2.75) is 18.2 Å². The minimum Gasteiger partial charge on any atom is -0.436 e. The molecule has 0 aromatic rings. The summed E-state index contributed by atoms with van der Waals surface area (Å²) in [7, 11) is 0. The molecule has 0 spiro atoms. The molecular weight excluding hydrogens is 209 g/mol. The van der Waals surface area contributed by atoms with E-state index in [9.17, 15) is 30.7 Å². The van der Waals surface area contributed by atoms with Crippen LogP contribution in [0.3, 0.4) is 0 Å². The van der Waals surface area contributed by atoms with Crippen molar-refractivity contribution in [2.75, 3.05) is 0 Å². The van der Waals surface area contributed by atoms with Crippen LogP contribution in [0, 0.1) is 0 Å². The Balaban J connectivity index is 4.91. The maximum atomic E-state index is 11.9. The van der Waals surface area contributed by atoms with Crippen LogP contribution in [0.1, 0.15) is 0 Å². The molecule has 13 heavy (non-hydrogen) atoms. The first kappa shape index (κ1) is 12.0. The van der Waals surface area contributed by atoms with Crippen molar-refractivity contribution in [1.82, 2.24) is 0 Å². The van der Waals surface area contributed by atoms with Crippen LogP contribution in [0.15, 0.2) is 12.8 Å². The van der Waals surface area contributed by atoms with E-state index >= 15 is 0 Å². The smallest absolute Gasteiger partial charge is 0.436 e. The fraction of sp³-hybridized carbons (Fsp3) is 0.600. The Morgan fingerprint density at radius 3 is 1.54 bits per heavy atom. The molecule has 78 valence electrons. The SMILES string of the molecule is C=COC(F)(F)C(F)(F)C(F)(F)F. The number of hydrogen-bond acceptors (Lipinski definition) is 1. The third kappa shape index (κ3) is 2.04. The van der Waals surface area contributed by atoms with Crippen LogP contribution in [0.2, 0.25) is 0 Å². The summed E-state index contributed by atoms with van der Waals surface area (Å²) >= 11 is 0. The molecule has 0 fully saturated rings. The average Bonchev–Trinajstić information content (AvgIpc) is 1.84. The normalized spacial score (nSPS) is 14.1. The second-order valence-corrected chi connectivity index (χ2v) is 1.87. The maximum absolute atomic E-state index is 11.9. The molecule has 0 amide bonds. The quantitative estimate of drug-likeness (QED) is 0.516. The van der Waals surface area contributed by atoms with Crippen LogP contribution >= 0.6 is 0 Å². The van der Waals surface area contributed by atoms with Crippen LogP contribution in [0.5, 0.6) is 0 Å². The van der Waals surface area contributed by atoms with E-state index in [-0.39, 0.29) is 6.26 Å².